The Morgan fingerprint density at radius 2 is 2.00 bits per heavy atom. The fraction of sp³-hybridized carbons (Fsp3) is 0.176. The first-order valence-electron chi connectivity index (χ1n) is 7.85. The van der Waals surface area contributed by atoms with Crippen molar-refractivity contribution < 1.29 is 4.74 Å². The van der Waals surface area contributed by atoms with Crippen molar-refractivity contribution in [1.29, 1.82) is 0 Å². The third-order valence-corrected chi connectivity index (χ3v) is 4.37. The van der Waals surface area contributed by atoms with Gasteiger partial charge in [0.05, 0.1) is 24.2 Å². The minimum Gasteiger partial charge on any atom is -0.496 e. The maximum Gasteiger partial charge on any atom is 0.332 e. The summed E-state index contributed by atoms with van der Waals surface area (Å²) in [4.78, 5) is 28.7. The summed E-state index contributed by atoms with van der Waals surface area (Å²) in [6.07, 6.45) is 1.69. The predicted octanol–water partition coefficient (Wildman–Crippen LogP) is 1.26. The molecule has 4 rings (SSSR count). The zero-order chi connectivity index (χ0) is 18.4. The van der Waals surface area contributed by atoms with Gasteiger partial charge in [0.2, 0.25) is 0 Å². The molecule has 0 unspecified atom stereocenters. The quantitative estimate of drug-likeness (QED) is 0.575. The van der Waals surface area contributed by atoms with Gasteiger partial charge in [0.25, 0.3) is 5.56 Å². The van der Waals surface area contributed by atoms with Gasteiger partial charge in [-0.2, -0.15) is 5.10 Å². The number of aromatic amines is 1. The van der Waals surface area contributed by atoms with Crippen molar-refractivity contribution in [2.45, 2.75) is 0 Å². The summed E-state index contributed by atoms with van der Waals surface area (Å²) in [5.41, 5.74) is 0.520. The van der Waals surface area contributed by atoms with E-state index in [0.717, 1.165) is 15.3 Å². The number of methoxy groups -OCH3 is 1. The maximum atomic E-state index is 12.1. The van der Waals surface area contributed by atoms with E-state index < -0.39 is 11.2 Å². The molecule has 0 saturated heterocycles. The van der Waals surface area contributed by atoms with Gasteiger partial charge in [-0.1, -0.05) is 6.07 Å². The molecule has 0 fully saturated rings. The molecule has 0 aliphatic rings. The van der Waals surface area contributed by atoms with Crippen LogP contribution in [0.2, 0.25) is 0 Å². The number of ether oxygens (including phenoxy) is 1. The van der Waals surface area contributed by atoms with Crippen LogP contribution in [0.15, 0.2) is 40.1 Å². The second-order valence-corrected chi connectivity index (χ2v) is 5.87. The standard InChI is InChI=1S/C17H16N6O3/c1-22-12(7-13(24)23(2)17(22)25)20-16-15-9(8-18-21-15)14-10(19-16)5-4-6-11(14)26-3/h4-8H,1-3H3,(H,18,21)(H,19,20). The number of pyridine rings is 1. The highest BCUT2D eigenvalue weighted by Gasteiger charge is 2.15. The molecule has 0 radical (unpaired) electrons. The lowest BCUT2D eigenvalue weighted by Crippen LogP contribution is -2.37. The number of H-pyrrole nitrogens is 1. The number of rotatable bonds is 3. The molecule has 0 spiro atoms. The normalized spacial score (nSPS) is 11.2. The minimum absolute atomic E-state index is 0.337. The molecule has 0 aliphatic carbocycles. The SMILES string of the molecule is COc1cccc2nc(Nc3cc(=O)n(C)c(=O)n3C)c3[nH]ncc3c12. The van der Waals surface area contributed by atoms with Crippen LogP contribution in [0, 0.1) is 0 Å². The molecule has 3 aromatic heterocycles. The van der Waals surface area contributed by atoms with Crippen molar-refractivity contribution >= 4 is 33.4 Å². The van der Waals surface area contributed by atoms with Gasteiger partial charge in [-0.3, -0.25) is 19.0 Å². The molecule has 26 heavy (non-hydrogen) atoms. The van der Waals surface area contributed by atoms with Gasteiger partial charge in [-0.25, -0.2) is 9.78 Å². The number of benzene rings is 1. The van der Waals surface area contributed by atoms with Crippen LogP contribution < -0.4 is 21.3 Å². The van der Waals surface area contributed by atoms with E-state index >= 15 is 0 Å². The van der Waals surface area contributed by atoms with E-state index in [1.54, 1.807) is 20.4 Å². The Morgan fingerprint density at radius 1 is 1.19 bits per heavy atom. The Morgan fingerprint density at radius 3 is 2.77 bits per heavy atom. The van der Waals surface area contributed by atoms with Crippen molar-refractivity contribution in [2.24, 2.45) is 14.1 Å². The highest BCUT2D eigenvalue weighted by atomic mass is 16.5. The topological polar surface area (TPSA) is 107 Å². The second-order valence-electron chi connectivity index (χ2n) is 5.87. The van der Waals surface area contributed by atoms with Crippen molar-refractivity contribution in [2.75, 3.05) is 12.4 Å². The van der Waals surface area contributed by atoms with Crippen molar-refractivity contribution in [1.82, 2.24) is 24.3 Å². The van der Waals surface area contributed by atoms with Gasteiger partial charge in [-0.05, 0) is 12.1 Å². The number of nitrogens with one attached hydrogen (secondary N) is 2. The highest BCUT2D eigenvalue weighted by molar-refractivity contribution is 6.11. The average molecular weight is 352 g/mol. The van der Waals surface area contributed by atoms with Crippen molar-refractivity contribution in [3.8, 4) is 5.75 Å². The molecule has 9 nitrogen and oxygen atoms in total. The van der Waals surface area contributed by atoms with E-state index in [0.29, 0.717) is 28.4 Å². The van der Waals surface area contributed by atoms with Crippen LogP contribution in [0.4, 0.5) is 11.6 Å². The number of nitrogens with zero attached hydrogens (tertiary/aromatic N) is 4. The van der Waals surface area contributed by atoms with Gasteiger partial charge in [0.1, 0.15) is 17.1 Å². The smallest absolute Gasteiger partial charge is 0.332 e. The summed E-state index contributed by atoms with van der Waals surface area (Å²) < 4.78 is 7.82. The molecule has 4 aromatic rings. The first kappa shape index (κ1) is 15.9. The van der Waals surface area contributed by atoms with E-state index in [9.17, 15) is 9.59 Å². The van der Waals surface area contributed by atoms with Crippen LogP contribution >= 0.6 is 0 Å². The summed E-state index contributed by atoms with van der Waals surface area (Å²) in [7, 11) is 4.61. The summed E-state index contributed by atoms with van der Waals surface area (Å²) >= 11 is 0. The molecule has 0 amide bonds. The van der Waals surface area contributed by atoms with E-state index in [1.807, 2.05) is 18.2 Å². The zero-order valence-electron chi connectivity index (χ0n) is 14.4. The van der Waals surface area contributed by atoms with E-state index in [-0.39, 0.29) is 0 Å². The third-order valence-electron chi connectivity index (χ3n) is 4.37. The summed E-state index contributed by atoms with van der Waals surface area (Å²) in [6, 6.07) is 6.91. The molecule has 0 saturated carbocycles. The van der Waals surface area contributed by atoms with Gasteiger partial charge >= 0.3 is 5.69 Å². The first-order valence-corrected chi connectivity index (χ1v) is 7.85. The lowest BCUT2D eigenvalue weighted by molar-refractivity contribution is 0.420. The van der Waals surface area contributed by atoms with E-state index in [1.165, 1.54) is 17.7 Å². The van der Waals surface area contributed by atoms with Crippen LogP contribution in [-0.4, -0.2) is 31.4 Å². The number of fused-ring (bicyclic) bond motifs is 3. The molecule has 3 heterocycles. The molecule has 0 atom stereocenters. The molecule has 9 heteroatoms. The maximum absolute atomic E-state index is 12.1. The average Bonchev–Trinajstić information content (AvgIpc) is 3.14. The van der Waals surface area contributed by atoms with E-state index in [2.05, 4.69) is 20.5 Å². The van der Waals surface area contributed by atoms with E-state index in [4.69, 9.17) is 4.74 Å². The lowest BCUT2D eigenvalue weighted by Gasteiger charge is -2.13. The molecule has 0 bridgehead atoms. The molecule has 0 aliphatic heterocycles. The minimum atomic E-state index is -0.427. The monoisotopic (exact) mass is 352 g/mol. The number of hydrogen-bond donors (Lipinski definition) is 2. The van der Waals surface area contributed by atoms with Gasteiger partial charge in [0.15, 0.2) is 5.82 Å². The van der Waals surface area contributed by atoms with Gasteiger partial charge in [-0.15, -0.1) is 0 Å². The van der Waals surface area contributed by atoms with Crippen LogP contribution in [0.1, 0.15) is 0 Å². The highest BCUT2D eigenvalue weighted by Crippen LogP contribution is 2.34. The molecule has 132 valence electrons. The fourth-order valence-corrected chi connectivity index (χ4v) is 2.95. The zero-order valence-corrected chi connectivity index (χ0v) is 14.4. The number of aromatic nitrogens is 5. The summed E-state index contributed by atoms with van der Waals surface area (Å²) in [5, 5.41) is 11.7. The van der Waals surface area contributed by atoms with Crippen LogP contribution in [0.5, 0.6) is 5.75 Å². The number of hydrogen-bond acceptors (Lipinski definition) is 6. The number of anilines is 2. The Hall–Kier alpha value is -3.62. The van der Waals surface area contributed by atoms with Gasteiger partial charge in [0, 0.05) is 25.5 Å². The Kier molecular flexibility index (Phi) is 3.50. The van der Waals surface area contributed by atoms with Gasteiger partial charge < -0.3 is 10.1 Å². The van der Waals surface area contributed by atoms with Crippen LogP contribution in [0.25, 0.3) is 21.8 Å². The Labute approximate surface area is 146 Å². The summed E-state index contributed by atoms with van der Waals surface area (Å²) in [6.45, 7) is 0. The molecular formula is C17H16N6O3. The van der Waals surface area contributed by atoms with Crippen molar-refractivity contribution in [3.63, 3.8) is 0 Å². The molecular weight excluding hydrogens is 336 g/mol. The fourth-order valence-electron chi connectivity index (χ4n) is 2.95. The molecule has 2 N–H and O–H groups in total. The first-order chi connectivity index (χ1) is 12.5. The second kappa shape index (κ2) is 5.73. The largest absolute Gasteiger partial charge is 0.496 e. The van der Waals surface area contributed by atoms with Crippen LogP contribution in [-0.2, 0) is 14.1 Å². The lowest BCUT2D eigenvalue weighted by atomic mass is 10.1. The third kappa shape index (κ3) is 2.25. The van der Waals surface area contributed by atoms with Crippen molar-refractivity contribution in [3.05, 3.63) is 51.3 Å². The van der Waals surface area contributed by atoms with Crippen LogP contribution in [0.3, 0.4) is 0 Å². The Balaban J connectivity index is 1.97. The molecule has 1 aromatic carbocycles. The Bertz CT molecular complexity index is 1270. The predicted molar refractivity (Wildman–Crippen MR) is 98.2 cm³/mol. The summed E-state index contributed by atoms with van der Waals surface area (Å²) in [5.74, 6) is 1.49.